The first-order valence-electron chi connectivity index (χ1n) is 9.83. The monoisotopic (exact) mass is 453 g/mol. The van der Waals surface area contributed by atoms with Gasteiger partial charge in [-0.15, -0.1) is 0 Å². The van der Waals surface area contributed by atoms with Crippen LogP contribution in [0, 0.1) is 0 Å². The van der Waals surface area contributed by atoms with Crippen LogP contribution in [0.15, 0.2) is 65.4 Å². The largest absolute Gasteiger partial charge is 0.491 e. The van der Waals surface area contributed by atoms with Crippen LogP contribution < -0.4 is 5.73 Å². The van der Waals surface area contributed by atoms with Gasteiger partial charge >= 0.3 is 6.18 Å². The predicted molar refractivity (Wildman–Crippen MR) is 120 cm³/mol. The molecule has 1 aromatic rings. The Hall–Kier alpha value is -2.49. The molecule has 9 heteroatoms. The molecule has 0 saturated carbocycles. The van der Waals surface area contributed by atoms with E-state index in [-0.39, 0.29) is 19.0 Å². The van der Waals surface area contributed by atoms with Crippen LogP contribution in [0.25, 0.3) is 0 Å². The topological polar surface area (TPSA) is 71.1 Å². The lowest BCUT2D eigenvalue weighted by atomic mass is 10.1. The van der Waals surface area contributed by atoms with Crippen LogP contribution in [-0.2, 0) is 10.9 Å². The molecule has 3 N–H and O–H groups in total. The summed E-state index contributed by atoms with van der Waals surface area (Å²) < 4.78 is 43.5. The summed E-state index contributed by atoms with van der Waals surface area (Å²) in [5.74, 6) is 0.773. The van der Waals surface area contributed by atoms with Crippen LogP contribution in [0.5, 0.6) is 0 Å². The molecule has 1 heterocycles. The van der Waals surface area contributed by atoms with Gasteiger partial charge in [0.2, 0.25) is 0 Å². The second kappa shape index (κ2) is 12.4. The van der Waals surface area contributed by atoms with E-state index < -0.39 is 11.7 Å². The second-order valence-corrected chi connectivity index (χ2v) is 7.26. The molecule has 1 aromatic carbocycles. The summed E-state index contributed by atoms with van der Waals surface area (Å²) >= 11 is 5.35. The van der Waals surface area contributed by atoms with E-state index in [2.05, 4.69) is 9.89 Å². The molecule has 1 aliphatic heterocycles. The van der Waals surface area contributed by atoms with E-state index >= 15 is 0 Å². The number of nitrogens with zero attached hydrogens (tertiary/aromatic N) is 2. The van der Waals surface area contributed by atoms with Crippen molar-refractivity contribution >= 4 is 23.0 Å². The van der Waals surface area contributed by atoms with Crippen LogP contribution in [0.4, 0.5) is 13.2 Å². The molecule has 0 amide bonds. The van der Waals surface area contributed by atoms with Crippen molar-refractivity contribution in [3.05, 3.63) is 71.5 Å². The minimum atomic E-state index is -4.40. The highest BCUT2D eigenvalue weighted by Gasteiger charge is 2.30. The fourth-order valence-corrected chi connectivity index (χ4v) is 3.09. The fourth-order valence-electron chi connectivity index (χ4n) is 2.81. The van der Waals surface area contributed by atoms with Crippen LogP contribution >= 0.6 is 12.2 Å². The Morgan fingerprint density at radius 2 is 1.84 bits per heavy atom. The zero-order chi connectivity index (χ0) is 22.7. The van der Waals surface area contributed by atoms with E-state index in [1.165, 1.54) is 12.1 Å². The number of hydrogen-bond donors (Lipinski definition) is 2. The van der Waals surface area contributed by atoms with Crippen molar-refractivity contribution in [1.82, 2.24) is 4.90 Å². The Balaban J connectivity index is 1.96. The zero-order valence-corrected chi connectivity index (χ0v) is 17.8. The van der Waals surface area contributed by atoms with Crippen molar-refractivity contribution in [2.75, 3.05) is 32.8 Å². The molecule has 0 atom stereocenters. The number of aliphatic imine (C=N–C) groups is 1. The number of hydrogen-bond acceptors (Lipinski definition) is 4. The second-order valence-electron chi connectivity index (χ2n) is 6.79. The molecule has 31 heavy (non-hydrogen) atoms. The lowest BCUT2D eigenvalue weighted by molar-refractivity contribution is -0.137. The standard InChI is InChI=1S/C22H26F3N3O2S/c23-22(24,25)18-10-8-17(9-11-18)21(26)27-20(31)16-28-12-4-1-2-6-19(30-15-14-29)7-3-5-13-28/h1-3,6-11,29H,4-5,12-16H2,(H2,26,27,31)/b2-1+,7-3+,19-6+. The number of nitrogens with two attached hydrogens (primary N) is 1. The number of rotatable bonds is 6. The molecular formula is C22H26F3N3O2S. The number of aliphatic hydroxyl groups is 1. The number of amidine groups is 1. The van der Waals surface area contributed by atoms with Gasteiger partial charge in [0.15, 0.2) is 0 Å². The average molecular weight is 454 g/mol. The maximum atomic E-state index is 12.7. The Labute approximate surface area is 185 Å². The lowest BCUT2D eigenvalue weighted by Crippen LogP contribution is -2.31. The summed E-state index contributed by atoms with van der Waals surface area (Å²) in [5, 5.41) is 8.89. The highest BCUT2D eigenvalue weighted by atomic mass is 32.1. The predicted octanol–water partition coefficient (Wildman–Crippen LogP) is 3.84. The van der Waals surface area contributed by atoms with Gasteiger partial charge in [-0.25, -0.2) is 4.99 Å². The Kier molecular flexibility index (Phi) is 9.90. The Bertz CT molecular complexity index is 847. The minimum absolute atomic E-state index is 0.0454. The molecule has 2 rings (SSSR count). The van der Waals surface area contributed by atoms with Gasteiger partial charge < -0.3 is 15.6 Å². The van der Waals surface area contributed by atoms with Crippen molar-refractivity contribution in [3.8, 4) is 0 Å². The molecule has 5 nitrogen and oxygen atoms in total. The van der Waals surface area contributed by atoms with Crippen molar-refractivity contribution in [1.29, 1.82) is 0 Å². The number of halogens is 3. The maximum absolute atomic E-state index is 12.7. The molecule has 168 valence electrons. The molecule has 0 spiro atoms. The van der Waals surface area contributed by atoms with E-state index in [4.69, 9.17) is 27.8 Å². The average Bonchev–Trinajstić information content (AvgIpc) is 2.77. The first kappa shape index (κ1) is 24.8. The summed E-state index contributed by atoms with van der Waals surface area (Å²) in [5.41, 5.74) is 5.59. The molecular weight excluding hydrogens is 427 g/mol. The minimum Gasteiger partial charge on any atom is -0.491 e. The van der Waals surface area contributed by atoms with E-state index in [1.807, 2.05) is 30.4 Å². The van der Waals surface area contributed by atoms with Gasteiger partial charge in [0, 0.05) is 18.7 Å². The van der Waals surface area contributed by atoms with Gasteiger partial charge in [-0.2, -0.15) is 13.2 Å². The van der Waals surface area contributed by atoms with Crippen LogP contribution in [0.3, 0.4) is 0 Å². The van der Waals surface area contributed by atoms with E-state index in [0.717, 1.165) is 38.1 Å². The van der Waals surface area contributed by atoms with Crippen molar-refractivity contribution in [2.24, 2.45) is 10.7 Å². The SMILES string of the molecule is NC(=NC(=S)CN1CC/C=C/C=C(OCCO)\C=C\CC1)c1ccc(C(F)(F)F)cc1. The highest BCUT2D eigenvalue weighted by Crippen LogP contribution is 2.29. The first-order chi connectivity index (χ1) is 14.8. The van der Waals surface area contributed by atoms with Crippen LogP contribution in [0.1, 0.15) is 24.0 Å². The lowest BCUT2D eigenvalue weighted by Gasteiger charge is -2.20. The van der Waals surface area contributed by atoms with Crippen molar-refractivity contribution < 1.29 is 23.0 Å². The third kappa shape index (κ3) is 9.04. The normalized spacial score (nSPS) is 20.3. The molecule has 0 unspecified atom stereocenters. The Morgan fingerprint density at radius 1 is 1.16 bits per heavy atom. The molecule has 1 aliphatic rings. The van der Waals surface area contributed by atoms with E-state index in [1.54, 1.807) is 0 Å². The maximum Gasteiger partial charge on any atom is 0.416 e. The summed E-state index contributed by atoms with van der Waals surface area (Å²) in [6.07, 6.45) is 6.77. The van der Waals surface area contributed by atoms with Gasteiger partial charge in [-0.05, 0) is 37.1 Å². The van der Waals surface area contributed by atoms with Crippen molar-refractivity contribution in [3.63, 3.8) is 0 Å². The highest BCUT2D eigenvalue weighted by molar-refractivity contribution is 7.80. The van der Waals surface area contributed by atoms with Gasteiger partial charge in [0.1, 0.15) is 23.2 Å². The molecule has 0 bridgehead atoms. The third-order valence-electron chi connectivity index (χ3n) is 4.37. The number of thiocarbonyl (C=S) groups is 1. The molecule has 0 saturated heterocycles. The number of ether oxygens (including phenoxy) is 1. The van der Waals surface area contributed by atoms with Gasteiger partial charge in [0.05, 0.1) is 18.7 Å². The molecule has 0 radical (unpaired) electrons. The smallest absolute Gasteiger partial charge is 0.416 e. The fraction of sp³-hybridized carbons (Fsp3) is 0.364. The first-order valence-corrected chi connectivity index (χ1v) is 10.2. The summed E-state index contributed by atoms with van der Waals surface area (Å²) in [6, 6.07) is 4.52. The quantitative estimate of drug-likeness (QED) is 0.389. The number of allylic oxidation sites excluding steroid dienone is 3. The molecule has 0 aliphatic carbocycles. The van der Waals surface area contributed by atoms with Gasteiger partial charge in [0.25, 0.3) is 0 Å². The number of benzene rings is 1. The van der Waals surface area contributed by atoms with E-state index in [9.17, 15) is 13.2 Å². The number of alkyl halides is 3. The van der Waals surface area contributed by atoms with Gasteiger partial charge in [-0.3, -0.25) is 4.90 Å². The van der Waals surface area contributed by atoms with Gasteiger partial charge in [-0.1, -0.05) is 42.6 Å². The summed E-state index contributed by atoms with van der Waals surface area (Å²) in [7, 11) is 0. The van der Waals surface area contributed by atoms with E-state index in [0.29, 0.717) is 22.9 Å². The third-order valence-corrected chi connectivity index (χ3v) is 4.60. The molecule has 0 fully saturated rings. The number of aliphatic hydroxyl groups excluding tert-OH is 1. The van der Waals surface area contributed by atoms with Crippen LogP contribution in [-0.4, -0.2) is 53.7 Å². The van der Waals surface area contributed by atoms with Crippen LogP contribution in [0.2, 0.25) is 0 Å². The van der Waals surface area contributed by atoms with Crippen molar-refractivity contribution in [2.45, 2.75) is 19.0 Å². The summed E-state index contributed by atoms with van der Waals surface area (Å²) in [4.78, 5) is 6.71. The molecule has 0 aromatic heterocycles. The summed E-state index contributed by atoms with van der Waals surface area (Å²) in [6.45, 7) is 2.12. The zero-order valence-electron chi connectivity index (χ0n) is 17.0. The Morgan fingerprint density at radius 3 is 2.48 bits per heavy atom.